The Hall–Kier alpha value is -1.82. The van der Waals surface area contributed by atoms with Crippen LogP contribution in [0.5, 0.6) is 0 Å². The van der Waals surface area contributed by atoms with Gasteiger partial charge < -0.3 is 20.0 Å². The van der Waals surface area contributed by atoms with Crippen molar-refractivity contribution in [1.29, 1.82) is 0 Å². The van der Waals surface area contributed by atoms with E-state index in [0.717, 1.165) is 19.3 Å². The average molecular weight is 345 g/mol. The summed E-state index contributed by atoms with van der Waals surface area (Å²) < 4.78 is 5.18. The topological polar surface area (TPSA) is 74.6 Å². The maximum absolute atomic E-state index is 12.6. The molecule has 1 aromatic rings. The maximum atomic E-state index is 12.6. The molecule has 3 atom stereocenters. The van der Waals surface area contributed by atoms with E-state index in [0.29, 0.717) is 30.8 Å². The summed E-state index contributed by atoms with van der Waals surface area (Å²) in [6.07, 6.45) is 9.16. The lowest BCUT2D eigenvalue weighted by molar-refractivity contribution is -0.123. The quantitative estimate of drug-likeness (QED) is 0.878. The lowest BCUT2D eigenvalue weighted by atomic mass is 9.85. The fourth-order valence-electron chi connectivity index (χ4n) is 4.61. The molecule has 3 heterocycles. The van der Waals surface area contributed by atoms with Gasteiger partial charge in [0.25, 0.3) is 5.91 Å². The summed E-state index contributed by atoms with van der Waals surface area (Å²) in [7, 11) is 0. The van der Waals surface area contributed by atoms with Crippen molar-refractivity contribution in [3.63, 3.8) is 0 Å². The number of furan rings is 1. The lowest BCUT2D eigenvalue weighted by Crippen LogP contribution is -2.51. The molecule has 1 aliphatic carbocycles. The van der Waals surface area contributed by atoms with Crippen molar-refractivity contribution >= 4 is 11.8 Å². The Labute approximate surface area is 148 Å². The van der Waals surface area contributed by atoms with E-state index in [9.17, 15) is 9.59 Å². The first kappa shape index (κ1) is 16.6. The number of carbonyl (C=O) groups excluding carboxylic acids is 2. The van der Waals surface area contributed by atoms with Crippen LogP contribution in [0.25, 0.3) is 0 Å². The van der Waals surface area contributed by atoms with Crippen LogP contribution in [0.2, 0.25) is 0 Å². The molecule has 0 spiro atoms. The van der Waals surface area contributed by atoms with E-state index < -0.39 is 0 Å². The fraction of sp³-hybridized carbons (Fsp3) is 0.684. The Morgan fingerprint density at radius 1 is 1.16 bits per heavy atom. The minimum absolute atomic E-state index is 0.0316. The lowest BCUT2D eigenvalue weighted by Gasteiger charge is -2.32. The van der Waals surface area contributed by atoms with E-state index in [-0.39, 0.29) is 23.9 Å². The van der Waals surface area contributed by atoms with E-state index in [1.54, 1.807) is 12.1 Å². The third-order valence-corrected chi connectivity index (χ3v) is 6.04. The summed E-state index contributed by atoms with van der Waals surface area (Å²) in [5, 5.41) is 6.74. The van der Waals surface area contributed by atoms with E-state index in [4.69, 9.17) is 4.42 Å². The van der Waals surface area contributed by atoms with E-state index >= 15 is 0 Å². The predicted octanol–water partition coefficient (Wildman–Crippen LogP) is 1.92. The Morgan fingerprint density at radius 3 is 2.68 bits per heavy atom. The first-order chi connectivity index (χ1) is 12.2. The third kappa shape index (κ3) is 3.59. The largest absolute Gasteiger partial charge is 0.459 e. The molecular weight excluding hydrogens is 318 g/mol. The maximum Gasteiger partial charge on any atom is 0.289 e. The van der Waals surface area contributed by atoms with Crippen molar-refractivity contribution in [2.75, 3.05) is 13.1 Å². The summed E-state index contributed by atoms with van der Waals surface area (Å²) in [6.45, 7) is 1.32. The molecule has 3 fully saturated rings. The zero-order chi connectivity index (χ0) is 17.2. The highest BCUT2D eigenvalue weighted by molar-refractivity contribution is 5.91. The smallest absolute Gasteiger partial charge is 0.289 e. The number of hydrogen-bond donors (Lipinski definition) is 2. The van der Waals surface area contributed by atoms with Crippen LogP contribution < -0.4 is 10.6 Å². The summed E-state index contributed by atoms with van der Waals surface area (Å²) in [5.74, 6) is 1.15. The number of piperidine rings is 1. The van der Waals surface area contributed by atoms with Gasteiger partial charge in [-0.25, -0.2) is 0 Å². The van der Waals surface area contributed by atoms with Crippen LogP contribution >= 0.6 is 0 Å². The summed E-state index contributed by atoms with van der Waals surface area (Å²) in [5.41, 5.74) is 0. The molecule has 6 nitrogen and oxygen atoms in total. The van der Waals surface area contributed by atoms with Crippen LogP contribution in [-0.2, 0) is 4.79 Å². The van der Waals surface area contributed by atoms with Gasteiger partial charge >= 0.3 is 0 Å². The Balaban J connectivity index is 1.24. The molecule has 136 valence electrons. The molecule has 4 rings (SSSR count). The van der Waals surface area contributed by atoms with Gasteiger partial charge in [-0.1, -0.05) is 12.8 Å². The van der Waals surface area contributed by atoms with E-state index in [1.165, 1.54) is 31.9 Å². The molecule has 6 heteroatoms. The van der Waals surface area contributed by atoms with Crippen LogP contribution in [0.3, 0.4) is 0 Å². The number of rotatable bonds is 3. The van der Waals surface area contributed by atoms with Gasteiger partial charge in [0.15, 0.2) is 5.76 Å². The molecule has 0 bridgehead atoms. The van der Waals surface area contributed by atoms with Gasteiger partial charge in [-0.3, -0.25) is 9.59 Å². The number of amides is 2. The minimum atomic E-state index is -0.0590. The molecule has 0 radical (unpaired) electrons. The molecule has 0 aromatic carbocycles. The molecule has 25 heavy (non-hydrogen) atoms. The average Bonchev–Trinajstić information content (AvgIpc) is 3.31. The van der Waals surface area contributed by atoms with Gasteiger partial charge in [0, 0.05) is 25.2 Å². The van der Waals surface area contributed by atoms with E-state index in [1.807, 2.05) is 4.90 Å². The number of nitrogens with one attached hydrogen (secondary N) is 2. The molecule has 2 N–H and O–H groups in total. The van der Waals surface area contributed by atoms with Crippen LogP contribution in [-0.4, -0.2) is 47.9 Å². The molecule has 1 aromatic heterocycles. The summed E-state index contributed by atoms with van der Waals surface area (Å²) in [4.78, 5) is 26.7. The number of nitrogens with zero attached hydrogens (tertiary/aromatic N) is 1. The minimum Gasteiger partial charge on any atom is -0.459 e. The highest BCUT2D eigenvalue weighted by Gasteiger charge is 2.38. The second kappa shape index (κ2) is 7.20. The van der Waals surface area contributed by atoms with Gasteiger partial charge in [0.2, 0.25) is 5.91 Å². The second-order valence-corrected chi connectivity index (χ2v) is 7.66. The number of hydrogen-bond acceptors (Lipinski definition) is 4. The molecular formula is C19H27N3O3. The van der Waals surface area contributed by atoms with Crippen LogP contribution in [0, 0.1) is 5.92 Å². The van der Waals surface area contributed by atoms with Gasteiger partial charge in [0.05, 0.1) is 12.3 Å². The number of fused-ring (bicyclic) bond motifs is 1. The van der Waals surface area contributed by atoms with Crippen molar-refractivity contribution in [3.8, 4) is 0 Å². The van der Waals surface area contributed by atoms with Crippen molar-refractivity contribution < 1.29 is 14.0 Å². The molecule has 2 aliphatic heterocycles. The zero-order valence-electron chi connectivity index (χ0n) is 14.6. The van der Waals surface area contributed by atoms with Gasteiger partial charge in [0.1, 0.15) is 0 Å². The summed E-state index contributed by atoms with van der Waals surface area (Å²) in [6, 6.07) is 4.10. The monoisotopic (exact) mass is 345 g/mol. The van der Waals surface area contributed by atoms with Gasteiger partial charge in [-0.05, 0) is 50.2 Å². The fourth-order valence-corrected chi connectivity index (χ4v) is 4.61. The van der Waals surface area contributed by atoms with Crippen LogP contribution in [0.15, 0.2) is 22.8 Å². The number of carbonyl (C=O) groups is 2. The standard InChI is InChI=1S/C19H27N3O3/c23-18(16-12-13-4-1-2-5-15(13)21-16)20-14-7-9-22(10-8-14)19(24)17-6-3-11-25-17/h3,6,11,13-16,21H,1-2,4-5,7-10,12H2,(H,20,23). The van der Waals surface area contributed by atoms with Crippen molar-refractivity contribution in [2.45, 2.75) is 63.1 Å². The number of likely N-dealkylation sites (tertiary alicyclic amines) is 1. The SMILES string of the molecule is O=C(NC1CCN(C(=O)c2ccco2)CC1)C1CC2CCCCC2N1. The van der Waals surface area contributed by atoms with Gasteiger partial charge in [-0.15, -0.1) is 0 Å². The second-order valence-electron chi connectivity index (χ2n) is 7.66. The molecule has 1 saturated carbocycles. The first-order valence-electron chi connectivity index (χ1n) is 9.60. The van der Waals surface area contributed by atoms with Crippen molar-refractivity contribution in [3.05, 3.63) is 24.2 Å². The summed E-state index contributed by atoms with van der Waals surface area (Å²) >= 11 is 0. The third-order valence-electron chi connectivity index (χ3n) is 6.04. The first-order valence-corrected chi connectivity index (χ1v) is 9.60. The molecule has 3 unspecified atom stereocenters. The highest BCUT2D eigenvalue weighted by Crippen LogP contribution is 2.33. The molecule has 2 saturated heterocycles. The van der Waals surface area contributed by atoms with Crippen LogP contribution in [0.4, 0.5) is 0 Å². The predicted molar refractivity (Wildman–Crippen MR) is 93.1 cm³/mol. The molecule has 3 aliphatic rings. The zero-order valence-corrected chi connectivity index (χ0v) is 14.6. The normalized spacial score (nSPS) is 30.1. The van der Waals surface area contributed by atoms with E-state index in [2.05, 4.69) is 10.6 Å². The Bertz CT molecular complexity index is 593. The van der Waals surface area contributed by atoms with Crippen molar-refractivity contribution in [2.24, 2.45) is 5.92 Å². The van der Waals surface area contributed by atoms with Crippen molar-refractivity contribution in [1.82, 2.24) is 15.5 Å². The Kier molecular flexibility index (Phi) is 4.79. The highest BCUT2D eigenvalue weighted by atomic mass is 16.3. The van der Waals surface area contributed by atoms with Gasteiger partial charge in [-0.2, -0.15) is 0 Å². The molecule has 2 amide bonds. The van der Waals surface area contributed by atoms with Crippen LogP contribution in [0.1, 0.15) is 55.5 Å². The Morgan fingerprint density at radius 2 is 1.96 bits per heavy atom.